The van der Waals surface area contributed by atoms with E-state index in [9.17, 15) is 24.3 Å². The van der Waals surface area contributed by atoms with Crippen molar-refractivity contribution in [2.45, 2.75) is 107 Å². The molecule has 2 bridgehead atoms. The number of aliphatic hydroxyl groups excluding tert-OH is 1. The van der Waals surface area contributed by atoms with Crippen LogP contribution in [0.15, 0.2) is 55.6 Å². The highest BCUT2D eigenvalue weighted by Crippen LogP contribution is 2.61. The minimum atomic E-state index is -1.29. The molecular formula is C35H48BrN3O7. The molecule has 11 heteroatoms. The summed E-state index contributed by atoms with van der Waals surface area (Å²) < 4.78 is 12.9. The van der Waals surface area contributed by atoms with Gasteiger partial charge in [-0.3, -0.25) is 19.2 Å². The van der Waals surface area contributed by atoms with Gasteiger partial charge < -0.3 is 29.7 Å². The number of amides is 3. The lowest BCUT2D eigenvalue weighted by Gasteiger charge is -2.40. The van der Waals surface area contributed by atoms with Crippen LogP contribution in [0.1, 0.15) is 71.5 Å². The fraction of sp³-hybridized carbons (Fsp3) is 0.600. The van der Waals surface area contributed by atoms with Crippen LogP contribution in [0.2, 0.25) is 0 Å². The average Bonchev–Trinajstić information content (AvgIpc) is 3.64. The second-order valence-electron chi connectivity index (χ2n) is 12.8. The topological polar surface area (TPSA) is 125 Å². The molecule has 3 aliphatic rings. The molecule has 1 aromatic carbocycles. The normalized spacial score (nSPS) is 29.0. The zero-order valence-corrected chi connectivity index (χ0v) is 28.9. The maximum absolute atomic E-state index is 14.5. The third-order valence-corrected chi connectivity index (χ3v) is 10.5. The van der Waals surface area contributed by atoms with Gasteiger partial charge in [0.2, 0.25) is 17.7 Å². The fourth-order valence-electron chi connectivity index (χ4n) is 7.48. The number of carbonyl (C=O) groups is 4. The number of hydrogen-bond acceptors (Lipinski definition) is 7. The number of benzene rings is 1. The molecule has 0 radical (unpaired) electrons. The molecule has 0 aromatic heterocycles. The monoisotopic (exact) mass is 701 g/mol. The Morgan fingerprint density at radius 1 is 1.22 bits per heavy atom. The van der Waals surface area contributed by atoms with E-state index in [-0.39, 0.29) is 42.3 Å². The van der Waals surface area contributed by atoms with E-state index >= 15 is 0 Å². The Labute approximate surface area is 280 Å². The number of nitrogens with zero attached hydrogens (tertiary/aromatic N) is 2. The highest BCUT2D eigenvalue weighted by atomic mass is 79.9. The summed E-state index contributed by atoms with van der Waals surface area (Å²) in [6.07, 6.45) is 4.50. The Morgan fingerprint density at radius 3 is 2.52 bits per heavy atom. The molecule has 3 fully saturated rings. The third kappa shape index (κ3) is 6.69. The molecule has 2 N–H and O–H groups in total. The summed E-state index contributed by atoms with van der Waals surface area (Å²) in [6.45, 7) is 14.9. The van der Waals surface area contributed by atoms with Crippen LogP contribution >= 0.6 is 15.9 Å². The van der Waals surface area contributed by atoms with Crippen molar-refractivity contribution >= 4 is 39.6 Å². The van der Waals surface area contributed by atoms with Crippen molar-refractivity contribution in [1.29, 1.82) is 0 Å². The van der Waals surface area contributed by atoms with Crippen LogP contribution in [0.25, 0.3) is 0 Å². The van der Waals surface area contributed by atoms with Gasteiger partial charge in [-0.1, -0.05) is 71.8 Å². The molecule has 3 aliphatic heterocycles. The molecule has 0 aliphatic carbocycles. The van der Waals surface area contributed by atoms with Crippen molar-refractivity contribution in [3.63, 3.8) is 0 Å². The van der Waals surface area contributed by atoms with Crippen molar-refractivity contribution in [3.05, 3.63) is 61.2 Å². The summed E-state index contributed by atoms with van der Waals surface area (Å²) in [4.78, 5) is 58.6. The lowest BCUT2D eigenvalue weighted by molar-refractivity contribution is -0.162. The molecule has 1 spiro atoms. The first-order valence-electron chi connectivity index (χ1n) is 16.3. The predicted molar refractivity (Wildman–Crippen MR) is 178 cm³/mol. The van der Waals surface area contributed by atoms with Crippen LogP contribution in [0.4, 0.5) is 0 Å². The Morgan fingerprint density at radius 2 is 1.91 bits per heavy atom. The number of rotatable bonds is 16. The lowest BCUT2D eigenvalue weighted by Crippen LogP contribution is -2.59. The van der Waals surface area contributed by atoms with Gasteiger partial charge in [0.05, 0.1) is 36.6 Å². The first kappa shape index (κ1) is 35.8. The van der Waals surface area contributed by atoms with Gasteiger partial charge in [0.15, 0.2) is 0 Å². The van der Waals surface area contributed by atoms with Crippen LogP contribution < -0.4 is 5.32 Å². The fourth-order valence-corrected chi connectivity index (χ4v) is 8.42. The number of fused-ring (bicyclic) bond motifs is 1. The van der Waals surface area contributed by atoms with Gasteiger partial charge >= 0.3 is 5.97 Å². The number of carbonyl (C=O) groups excluding carboxylic acids is 4. The quantitative estimate of drug-likeness (QED) is 0.151. The lowest BCUT2D eigenvalue weighted by atomic mass is 9.70. The van der Waals surface area contributed by atoms with Crippen molar-refractivity contribution in [2.24, 2.45) is 11.8 Å². The van der Waals surface area contributed by atoms with E-state index in [2.05, 4.69) is 34.4 Å². The van der Waals surface area contributed by atoms with E-state index in [1.807, 2.05) is 44.2 Å². The summed E-state index contributed by atoms with van der Waals surface area (Å²) in [7, 11) is 0. The summed E-state index contributed by atoms with van der Waals surface area (Å²) in [5.74, 6) is -3.52. The molecule has 10 nitrogen and oxygen atoms in total. The largest absolute Gasteiger partial charge is 0.455 e. The predicted octanol–water partition coefficient (Wildman–Crippen LogP) is 4.07. The first-order valence-corrected chi connectivity index (χ1v) is 17.2. The van der Waals surface area contributed by atoms with E-state index in [1.165, 1.54) is 4.90 Å². The molecule has 2 unspecified atom stereocenters. The van der Waals surface area contributed by atoms with Gasteiger partial charge in [-0.2, -0.15) is 0 Å². The second kappa shape index (κ2) is 15.3. The number of hydrogen-bond donors (Lipinski definition) is 2. The Bertz CT molecular complexity index is 1290. The van der Waals surface area contributed by atoms with Gasteiger partial charge in [-0.05, 0) is 45.6 Å². The molecule has 252 valence electrons. The van der Waals surface area contributed by atoms with Crippen LogP contribution in [-0.2, 0) is 28.7 Å². The summed E-state index contributed by atoms with van der Waals surface area (Å²) in [5.41, 5.74) is -0.606. The zero-order valence-electron chi connectivity index (χ0n) is 27.3. The minimum Gasteiger partial charge on any atom is -0.455 e. The van der Waals surface area contributed by atoms with E-state index in [4.69, 9.17) is 9.47 Å². The molecule has 3 amide bonds. The highest BCUT2D eigenvalue weighted by molar-refractivity contribution is 9.09. The van der Waals surface area contributed by atoms with Crippen LogP contribution in [0, 0.1) is 11.8 Å². The van der Waals surface area contributed by atoms with Crippen LogP contribution in [-0.4, -0.2) is 92.4 Å². The molecule has 4 rings (SSSR count). The van der Waals surface area contributed by atoms with E-state index in [0.717, 1.165) is 12.8 Å². The van der Waals surface area contributed by atoms with Crippen LogP contribution in [0.3, 0.4) is 0 Å². The number of allylic oxidation sites excluding steroid dienone is 1. The van der Waals surface area contributed by atoms with Gasteiger partial charge in [-0.15, -0.1) is 13.2 Å². The smallest absolute Gasteiger partial charge is 0.313 e. The van der Waals surface area contributed by atoms with Crippen LogP contribution in [0.5, 0.6) is 0 Å². The molecule has 3 heterocycles. The minimum absolute atomic E-state index is 0.124. The van der Waals surface area contributed by atoms with Gasteiger partial charge in [0.25, 0.3) is 0 Å². The van der Waals surface area contributed by atoms with E-state index in [1.54, 1.807) is 30.9 Å². The maximum atomic E-state index is 14.5. The Hall–Kier alpha value is -3.02. The molecule has 10 atom stereocenters. The highest BCUT2D eigenvalue weighted by Gasteiger charge is 2.77. The van der Waals surface area contributed by atoms with Crippen molar-refractivity contribution in [1.82, 2.24) is 15.1 Å². The summed E-state index contributed by atoms with van der Waals surface area (Å²) in [6, 6.07) is 6.71. The number of halogens is 1. The van der Waals surface area contributed by atoms with E-state index < -0.39 is 59.6 Å². The van der Waals surface area contributed by atoms with Crippen molar-refractivity contribution < 1.29 is 33.8 Å². The standard InChI is InChI=1S/C35H48BrN3O7/c1-7-10-17-26(41)37-23(6)29(24-15-12-11-13-16-24)45-34(44)27-28-32(42)39(22(5)20-40)31(35(28)19-25(36)30(27)46-35)33(43)38(18-9-3)21(4)14-8-2/h7,9,11-13,15-16,21-23,25,27-31,40H,1,3,8,10,14,17-20H2,2,4-6H3,(H,37,41)/t21?,22-,23-,25?,27-,28+,29-,30-,31-,35+/m1/s1. The van der Waals surface area contributed by atoms with Gasteiger partial charge in [-0.25, -0.2) is 0 Å². The third-order valence-electron chi connectivity index (χ3n) is 9.61. The van der Waals surface area contributed by atoms with Crippen molar-refractivity contribution in [3.8, 4) is 0 Å². The first-order chi connectivity index (χ1) is 22.0. The number of nitrogens with one attached hydrogen (secondary N) is 1. The second-order valence-corrected chi connectivity index (χ2v) is 14.0. The number of likely N-dealkylation sites (tertiary alicyclic amines) is 1. The molecule has 46 heavy (non-hydrogen) atoms. The average molecular weight is 703 g/mol. The molecule has 0 saturated carbocycles. The maximum Gasteiger partial charge on any atom is 0.313 e. The Balaban J connectivity index is 1.71. The SMILES string of the molecule is C=CCCC(=O)N[C@H](C)[C@@H](OC(=O)[C@H]1[C@@H]2O[C@@]3(CC2Br)[C@@H]1C(=O)N([C@H](C)CO)[C@@H]3C(=O)N(CC=C)C(C)CCC)c1ccccc1. The molecule has 1 aromatic rings. The van der Waals surface area contributed by atoms with Gasteiger partial charge in [0.1, 0.15) is 17.7 Å². The number of ether oxygens (including phenoxy) is 2. The number of alkyl halides is 1. The summed E-state index contributed by atoms with van der Waals surface area (Å²) in [5, 5.41) is 13.2. The van der Waals surface area contributed by atoms with Gasteiger partial charge in [0, 0.05) is 23.8 Å². The molecule has 3 saturated heterocycles. The zero-order chi connectivity index (χ0) is 33.8. The van der Waals surface area contributed by atoms with E-state index in [0.29, 0.717) is 18.4 Å². The van der Waals surface area contributed by atoms with Crippen molar-refractivity contribution in [2.75, 3.05) is 13.2 Å². The number of esters is 1. The Kier molecular flexibility index (Phi) is 11.9. The number of aliphatic hydroxyl groups is 1. The molecular weight excluding hydrogens is 654 g/mol. The summed E-state index contributed by atoms with van der Waals surface area (Å²) >= 11 is 3.71.